The van der Waals surface area contributed by atoms with Crippen LogP contribution < -0.4 is 16.0 Å². The lowest BCUT2D eigenvalue weighted by Gasteiger charge is -2.29. The first-order valence-corrected chi connectivity index (χ1v) is 9.81. The van der Waals surface area contributed by atoms with Crippen molar-refractivity contribution in [2.24, 2.45) is 11.7 Å². The van der Waals surface area contributed by atoms with Gasteiger partial charge >= 0.3 is 0 Å². The van der Waals surface area contributed by atoms with Gasteiger partial charge in [-0.2, -0.15) is 0 Å². The summed E-state index contributed by atoms with van der Waals surface area (Å²) in [6, 6.07) is 7.18. The lowest BCUT2D eigenvalue weighted by Crippen LogP contribution is -2.44. The van der Waals surface area contributed by atoms with E-state index in [1.807, 2.05) is 24.3 Å². The minimum Gasteiger partial charge on any atom is -0.382 e. The van der Waals surface area contributed by atoms with Gasteiger partial charge in [0, 0.05) is 30.5 Å². The number of hydrogen-bond donors (Lipinski definition) is 3. The van der Waals surface area contributed by atoms with E-state index in [1.54, 1.807) is 0 Å². The minimum atomic E-state index is -1.17. The molecular formula is C20H31N3O3. The Kier molecular flexibility index (Phi) is 6.88. The molecule has 144 valence electrons. The van der Waals surface area contributed by atoms with Crippen LogP contribution in [0.25, 0.3) is 0 Å². The average molecular weight is 361 g/mol. The molecular weight excluding hydrogens is 330 g/mol. The van der Waals surface area contributed by atoms with E-state index in [4.69, 9.17) is 10.5 Å². The Bertz CT molecular complexity index is 566. The molecule has 26 heavy (non-hydrogen) atoms. The van der Waals surface area contributed by atoms with E-state index >= 15 is 0 Å². The maximum atomic E-state index is 12.3. The van der Waals surface area contributed by atoms with Gasteiger partial charge in [0.05, 0.1) is 13.2 Å². The summed E-state index contributed by atoms with van der Waals surface area (Å²) >= 11 is 0. The molecule has 2 fully saturated rings. The summed E-state index contributed by atoms with van der Waals surface area (Å²) in [5.41, 5.74) is 7.88. The number of aliphatic hydroxyl groups excluding tert-OH is 1. The molecule has 1 aromatic rings. The van der Waals surface area contributed by atoms with Crippen molar-refractivity contribution < 1.29 is 14.6 Å². The molecule has 6 heteroatoms. The highest BCUT2D eigenvalue weighted by Gasteiger charge is 2.26. The number of nitrogens with two attached hydrogens (primary N) is 1. The predicted molar refractivity (Wildman–Crippen MR) is 103 cm³/mol. The number of rotatable bonds is 6. The lowest BCUT2D eigenvalue weighted by molar-refractivity contribution is -0.125. The maximum absolute atomic E-state index is 12.3. The van der Waals surface area contributed by atoms with Crippen LogP contribution in [-0.4, -0.2) is 49.5 Å². The van der Waals surface area contributed by atoms with Crippen molar-refractivity contribution in [3.05, 3.63) is 24.3 Å². The van der Waals surface area contributed by atoms with Gasteiger partial charge in [-0.1, -0.05) is 32.1 Å². The normalized spacial score (nSPS) is 21.2. The smallest absolute Gasteiger partial charge is 0.254 e. The molecule has 2 aliphatic rings. The van der Waals surface area contributed by atoms with E-state index in [-0.39, 0.29) is 0 Å². The van der Waals surface area contributed by atoms with Crippen LogP contribution in [0.2, 0.25) is 0 Å². The molecule has 1 heterocycles. The van der Waals surface area contributed by atoms with E-state index in [1.165, 1.54) is 19.3 Å². The summed E-state index contributed by atoms with van der Waals surface area (Å²) in [6.07, 6.45) is 5.61. The van der Waals surface area contributed by atoms with Gasteiger partial charge in [-0.25, -0.2) is 0 Å². The second-order valence-electron chi connectivity index (χ2n) is 7.48. The summed E-state index contributed by atoms with van der Waals surface area (Å²) in [4.78, 5) is 14.6. The summed E-state index contributed by atoms with van der Waals surface area (Å²) in [7, 11) is 0. The van der Waals surface area contributed by atoms with Gasteiger partial charge in [-0.3, -0.25) is 4.79 Å². The number of nitrogens with zero attached hydrogens (tertiary/aromatic N) is 1. The van der Waals surface area contributed by atoms with Crippen LogP contribution in [0.3, 0.4) is 0 Å². The Hall–Kier alpha value is -1.63. The molecule has 1 aliphatic heterocycles. The molecule has 1 saturated heterocycles. The third-order valence-electron chi connectivity index (χ3n) is 5.52. The van der Waals surface area contributed by atoms with Crippen LogP contribution in [0.5, 0.6) is 0 Å². The monoisotopic (exact) mass is 361 g/mol. The van der Waals surface area contributed by atoms with Gasteiger partial charge in [-0.15, -0.1) is 0 Å². The summed E-state index contributed by atoms with van der Waals surface area (Å²) in [5.74, 6) is 0.112. The van der Waals surface area contributed by atoms with Gasteiger partial charge in [0.15, 0.2) is 0 Å². The molecule has 6 nitrogen and oxygen atoms in total. The third kappa shape index (κ3) is 5.19. The number of ether oxygens (including phenoxy) is 1. The van der Waals surface area contributed by atoms with Crippen molar-refractivity contribution >= 4 is 17.3 Å². The van der Waals surface area contributed by atoms with Crippen molar-refractivity contribution in [2.45, 2.75) is 50.7 Å². The molecule has 0 radical (unpaired) electrons. The highest BCUT2D eigenvalue weighted by molar-refractivity contribution is 5.94. The van der Waals surface area contributed by atoms with Gasteiger partial charge in [-0.05, 0) is 36.6 Å². The Balaban J connectivity index is 1.49. The maximum Gasteiger partial charge on any atom is 0.254 e. The quantitative estimate of drug-likeness (QED) is 0.722. The standard InChI is InChI=1S/C20H31N3O3/c21-18(14-15-4-2-1-3-5-15)19(24)20(25)22-16-6-8-17(9-7-16)23-10-12-26-13-11-23/h6-9,15,18-19,24H,1-5,10-14,21H2,(H,22,25). The first-order valence-electron chi connectivity index (χ1n) is 9.81. The first-order chi connectivity index (χ1) is 12.6. The van der Waals surface area contributed by atoms with E-state index in [9.17, 15) is 9.90 Å². The molecule has 1 saturated carbocycles. The van der Waals surface area contributed by atoms with Gasteiger partial charge in [0.2, 0.25) is 0 Å². The highest BCUT2D eigenvalue weighted by atomic mass is 16.5. The Morgan fingerprint density at radius 2 is 1.85 bits per heavy atom. The highest BCUT2D eigenvalue weighted by Crippen LogP contribution is 2.27. The molecule has 2 atom stereocenters. The first kappa shape index (κ1) is 19.1. The number of aliphatic hydroxyl groups is 1. The van der Waals surface area contributed by atoms with Gasteiger partial charge in [0.25, 0.3) is 5.91 Å². The molecule has 0 spiro atoms. The van der Waals surface area contributed by atoms with E-state index in [0.29, 0.717) is 18.0 Å². The molecule has 4 N–H and O–H groups in total. The fraction of sp³-hybridized carbons (Fsp3) is 0.650. The number of amides is 1. The summed E-state index contributed by atoms with van der Waals surface area (Å²) < 4.78 is 5.36. The Labute approximate surface area is 155 Å². The number of carbonyl (C=O) groups excluding carboxylic acids is 1. The van der Waals surface area contributed by atoms with E-state index < -0.39 is 18.1 Å². The number of carbonyl (C=O) groups is 1. The van der Waals surface area contributed by atoms with Gasteiger partial charge in [0.1, 0.15) is 6.10 Å². The van der Waals surface area contributed by atoms with E-state index in [0.717, 1.165) is 44.8 Å². The van der Waals surface area contributed by atoms with Crippen LogP contribution >= 0.6 is 0 Å². The fourth-order valence-corrected chi connectivity index (χ4v) is 3.92. The molecule has 1 aliphatic carbocycles. The van der Waals surface area contributed by atoms with Crippen molar-refractivity contribution in [1.29, 1.82) is 0 Å². The predicted octanol–water partition coefficient (Wildman–Crippen LogP) is 2.12. The number of nitrogens with one attached hydrogen (secondary N) is 1. The van der Waals surface area contributed by atoms with Crippen molar-refractivity contribution in [1.82, 2.24) is 0 Å². The zero-order chi connectivity index (χ0) is 18.4. The van der Waals surface area contributed by atoms with Crippen molar-refractivity contribution in [2.75, 3.05) is 36.5 Å². The summed E-state index contributed by atoms with van der Waals surface area (Å²) in [6.45, 7) is 3.23. The molecule has 1 amide bonds. The topological polar surface area (TPSA) is 87.8 Å². The van der Waals surface area contributed by atoms with Crippen molar-refractivity contribution in [3.8, 4) is 0 Å². The average Bonchev–Trinajstić information content (AvgIpc) is 2.69. The molecule has 0 aromatic heterocycles. The third-order valence-corrected chi connectivity index (χ3v) is 5.52. The lowest BCUT2D eigenvalue weighted by atomic mass is 9.84. The number of anilines is 2. The molecule has 1 aromatic carbocycles. The Morgan fingerprint density at radius 3 is 2.50 bits per heavy atom. The fourth-order valence-electron chi connectivity index (χ4n) is 3.92. The molecule has 0 bridgehead atoms. The number of hydrogen-bond acceptors (Lipinski definition) is 5. The Morgan fingerprint density at radius 1 is 1.19 bits per heavy atom. The zero-order valence-electron chi connectivity index (χ0n) is 15.4. The largest absolute Gasteiger partial charge is 0.382 e. The second kappa shape index (κ2) is 9.35. The minimum absolute atomic E-state index is 0.424. The van der Waals surface area contributed by atoms with Crippen LogP contribution in [0, 0.1) is 5.92 Å². The number of morpholine rings is 1. The zero-order valence-corrected chi connectivity index (χ0v) is 15.4. The van der Waals surface area contributed by atoms with E-state index in [2.05, 4.69) is 10.2 Å². The number of benzene rings is 1. The molecule has 3 rings (SSSR count). The SMILES string of the molecule is NC(CC1CCCCC1)C(O)C(=O)Nc1ccc(N2CCOCC2)cc1. The van der Waals surface area contributed by atoms with Crippen molar-refractivity contribution in [3.63, 3.8) is 0 Å². The van der Waals surface area contributed by atoms with Crippen LogP contribution in [-0.2, 0) is 9.53 Å². The van der Waals surface area contributed by atoms with Crippen LogP contribution in [0.4, 0.5) is 11.4 Å². The second-order valence-corrected chi connectivity index (χ2v) is 7.48. The van der Waals surface area contributed by atoms with Crippen LogP contribution in [0.1, 0.15) is 38.5 Å². The van der Waals surface area contributed by atoms with Crippen LogP contribution in [0.15, 0.2) is 24.3 Å². The summed E-state index contributed by atoms with van der Waals surface area (Å²) in [5, 5.41) is 13.1. The molecule has 2 unspecified atom stereocenters. The van der Waals surface area contributed by atoms with Gasteiger partial charge < -0.3 is 25.8 Å².